The molecular formula is C14H20FNO. The summed E-state index contributed by atoms with van der Waals surface area (Å²) in [7, 11) is 0. The minimum Gasteiger partial charge on any atom is -0.396 e. The number of benzene rings is 1. The Morgan fingerprint density at radius 2 is 2.00 bits per heavy atom. The number of aliphatic hydroxyl groups is 1. The van der Waals surface area contributed by atoms with Crippen LogP contribution in [0.3, 0.4) is 0 Å². The highest BCUT2D eigenvalue weighted by molar-refractivity contribution is 5.16. The van der Waals surface area contributed by atoms with Gasteiger partial charge < -0.3 is 5.11 Å². The predicted octanol–water partition coefficient (Wildman–Crippen LogP) is 2.42. The lowest BCUT2D eigenvalue weighted by Gasteiger charge is -2.37. The van der Waals surface area contributed by atoms with Gasteiger partial charge in [0.25, 0.3) is 0 Å². The van der Waals surface area contributed by atoms with Gasteiger partial charge >= 0.3 is 0 Å². The molecule has 0 saturated carbocycles. The van der Waals surface area contributed by atoms with Crippen molar-refractivity contribution in [1.82, 2.24) is 4.90 Å². The molecule has 1 N–H and O–H groups in total. The second-order valence-electron chi connectivity index (χ2n) is 5.03. The van der Waals surface area contributed by atoms with Crippen LogP contribution in [0.15, 0.2) is 24.3 Å². The van der Waals surface area contributed by atoms with Crippen LogP contribution in [-0.2, 0) is 6.54 Å². The van der Waals surface area contributed by atoms with Gasteiger partial charge in [-0.1, -0.05) is 12.1 Å². The highest BCUT2D eigenvalue weighted by Crippen LogP contribution is 2.23. The van der Waals surface area contributed by atoms with Crippen molar-refractivity contribution >= 4 is 0 Å². The summed E-state index contributed by atoms with van der Waals surface area (Å²) >= 11 is 0. The summed E-state index contributed by atoms with van der Waals surface area (Å²) in [5.41, 5.74) is 1.14. The molecule has 1 aliphatic rings. The summed E-state index contributed by atoms with van der Waals surface area (Å²) in [5.74, 6) is 0.209. The van der Waals surface area contributed by atoms with Crippen LogP contribution < -0.4 is 0 Å². The largest absolute Gasteiger partial charge is 0.396 e. The maximum absolute atomic E-state index is 12.8. The van der Waals surface area contributed by atoms with Crippen LogP contribution in [0.25, 0.3) is 0 Å². The molecule has 2 atom stereocenters. The summed E-state index contributed by atoms with van der Waals surface area (Å²) in [6.45, 7) is 4.27. The van der Waals surface area contributed by atoms with E-state index >= 15 is 0 Å². The topological polar surface area (TPSA) is 23.5 Å². The minimum atomic E-state index is -0.186. The van der Waals surface area contributed by atoms with E-state index in [1.54, 1.807) is 0 Å². The fourth-order valence-electron chi connectivity index (χ4n) is 2.46. The van der Waals surface area contributed by atoms with Crippen molar-refractivity contribution in [2.75, 3.05) is 13.2 Å². The lowest BCUT2D eigenvalue weighted by Crippen LogP contribution is -2.42. The number of halogens is 1. The Balaban J connectivity index is 1.98. The molecule has 1 saturated heterocycles. The van der Waals surface area contributed by atoms with Gasteiger partial charge in [-0.2, -0.15) is 0 Å². The van der Waals surface area contributed by atoms with Crippen molar-refractivity contribution in [3.63, 3.8) is 0 Å². The van der Waals surface area contributed by atoms with Gasteiger partial charge in [-0.25, -0.2) is 4.39 Å². The molecule has 2 unspecified atom stereocenters. The molecule has 0 aromatic heterocycles. The van der Waals surface area contributed by atoms with E-state index in [4.69, 9.17) is 0 Å². The molecule has 1 aliphatic heterocycles. The Morgan fingerprint density at radius 3 is 2.65 bits per heavy atom. The van der Waals surface area contributed by atoms with E-state index in [0.29, 0.717) is 12.0 Å². The van der Waals surface area contributed by atoms with Gasteiger partial charge in [0, 0.05) is 25.7 Å². The van der Waals surface area contributed by atoms with Crippen molar-refractivity contribution in [3.8, 4) is 0 Å². The first kappa shape index (κ1) is 12.5. The Hall–Kier alpha value is -0.930. The van der Waals surface area contributed by atoms with Gasteiger partial charge in [-0.3, -0.25) is 4.90 Å². The van der Waals surface area contributed by atoms with Gasteiger partial charge in [0.2, 0.25) is 0 Å². The molecule has 17 heavy (non-hydrogen) atoms. The lowest BCUT2D eigenvalue weighted by molar-refractivity contribution is 0.0771. The lowest BCUT2D eigenvalue weighted by atomic mass is 9.93. The second-order valence-corrected chi connectivity index (χ2v) is 5.03. The molecule has 2 rings (SSSR count). The maximum Gasteiger partial charge on any atom is 0.123 e. The second kappa shape index (κ2) is 5.61. The quantitative estimate of drug-likeness (QED) is 0.872. The van der Waals surface area contributed by atoms with Gasteiger partial charge in [-0.15, -0.1) is 0 Å². The molecule has 1 aromatic rings. The molecule has 94 valence electrons. The molecule has 0 radical (unpaired) electrons. The van der Waals surface area contributed by atoms with E-state index in [9.17, 15) is 9.50 Å². The highest BCUT2D eigenvalue weighted by Gasteiger charge is 2.24. The zero-order chi connectivity index (χ0) is 12.3. The smallest absolute Gasteiger partial charge is 0.123 e. The van der Waals surface area contributed by atoms with E-state index in [1.807, 2.05) is 12.1 Å². The van der Waals surface area contributed by atoms with Crippen LogP contribution in [-0.4, -0.2) is 29.2 Å². The van der Waals surface area contributed by atoms with Crippen molar-refractivity contribution in [2.45, 2.75) is 32.4 Å². The molecule has 1 fully saturated rings. The van der Waals surface area contributed by atoms with Crippen LogP contribution in [0.1, 0.15) is 25.3 Å². The normalized spacial score (nSPS) is 26.1. The van der Waals surface area contributed by atoms with E-state index in [2.05, 4.69) is 11.8 Å². The molecular weight excluding hydrogens is 217 g/mol. The van der Waals surface area contributed by atoms with Gasteiger partial charge in [-0.05, 0) is 43.4 Å². The molecule has 0 spiro atoms. The third kappa shape index (κ3) is 3.27. The summed E-state index contributed by atoms with van der Waals surface area (Å²) in [4.78, 5) is 2.37. The van der Waals surface area contributed by atoms with Crippen LogP contribution in [0.5, 0.6) is 0 Å². The molecule has 0 aliphatic carbocycles. The summed E-state index contributed by atoms with van der Waals surface area (Å²) < 4.78 is 12.8. The monoisotopic (exact) mass is 237 g/mol. The third-order valence-electron chi connectivity index (χ3n) is 3.67. The van der Waals surface area contributed by atoms with E-state index in [0.717, 1.165) is 31.5 Å². The number of aliphatic hydroxyl groups excluding tert-OH is 1. The summed E-state index contributed by atoms with van der Waals surface area (Å²) in [5, 5.41) is 9.22. The fourth-order valence-corrected chi connectivity index (χ4v) is 2.46. The van der Waals surface area contributed by atoms with Gasteiger partial charge in [0.1, 0.15) is 5.82 Å². The van der Waals surface area contributed by atoms with E-state index < -0.39 is 0 Å². The molecule has 0 amide bonds. The van der Waals surface area contributed by atoms with Crippen LogP contribution >= 0.6 is 0 Å². The first-order valence-corrected chi connectivity index (χ1v) is 6.28. The van der Waals surface area contributed by atoms with E-state index in [1.165, 1.54) is 12.1 Å². The summed E-state index contributed by atoms with van der Waals surface area (Å²) in [6.07, 6.45) is 2.24. The Bertz CT molecular complexity index is 352. The Labute approximate surface area is 102 Å². The van der Waals surface area contributed by atoms with Gasteiger partial charge in [0.05, 0.1) is 0 Å². The molecule has 2 nitrogen and oxygen atoms in total. The van der Waals surface area contributed by atoms with Crippen molar-refractivity contribution in [1.29, 1.82) is 0 Å². The first-order valence-electron chi connectivity index (χ1n) is 6.28. The first-order chi connectivity index (χ1) is 8.19. The zero-order valence-electron chi connectivity index (χ0n) is 10.3. The number of rotatable bonds is 3. The average Bonchev–Trinajstić information content (AvgIpc) is 2.35. The van der Waals surface area contributed by atoms with Crippen molar-refractivity contribution in [3.05, 3.63) is 35.6 Å². The molecule has 1 heterocycles. The van der Waals surface area contributed by atoms with Crippen LogP contribution in [0, 0.1) is 11.7 Å². The number of hydrogen-bond acceptors (Lipinski definition) is 2. The molecule has 1 aromatic carbocycles. The number of likely N-dealkylation sites (tertiary alicyclic amines) is 1. The van der Waals surface area contributed by atoms with Crippen molar-refractivity contribution < 1.29 is 9.50 Å². The minimum absolute atomic E-state index is 0.186. The Kier molecular flexibility index (Phi) is 4.13. The zero-order valence-corrected chi connectivity index (χ0v) is 10.3. The molecule has 3 heteroatoms. The number of hydrogen-bond donors (Lipinski definition) is 1. The van der Waals surface area contributed by atoms with E-state index in [-0.39, 0.29) is 12.4 Å². The average molecular weight is 237 g/mol. The maximum atomic E-state index is 12.8. The highest BCUT2D eigenvalue weighted by atomic mass is 19.1. The standard InChI is InChI=1S/C14H20FNO/c1-11-2-3-13(10-17)9-16(11)8-12-4-6-14(15)7-5-12/h4-7,11,13,17H,2-3,8-10H2,1H3. The van der Waals surface area contributed by atoms with Crippen LogP contribution in [0.2, 0.25) is 0 Å². The predicted molar refractivity (Wildman–Crippen MR) is 66.1 cm³/mol. The number of piperidine rings is 1. The summed E-state index contributed by atoms with van der Waals surface area (Å²) in [6, 6.07) is 7.23. The third-order valence-corrected chi connectivity index (χ3v) is 3.67. The SMILES string of the molecule is CC1CCC(CO)CN1Cc1ccc(F)cc1. The van der Waals surface area contributed by atoms with Gasteiger partial charge in [0.15, 0.2) is 0 Å². The number of nitrogens with zero attached hydrogens (tertiary/aromatic N) is 1. The molecule has 0 bridgehead atoms. The Morgan fingerprint density at radius 1 is 1.29 bits per heavy atom. The van der Waals surface area contributed by atoms with Crippen LogP contribution in [0.4, 0.5) is 4.39 Å². The van der Waals surface area contributed by atoms with Crippen molar-refractivity contribution in [2.24, 2.45) is 5.92 Å². The fraction of sp³-hybridized carbons (Fsp3) is 0.571.